The van der Waals surface area contributed by atoms with Gasteiger partial charge in [0, 0.05) is 12.2 Å². The van der Waals surface area contributed by atoms with E-state index in [9.17, 15) is 0 Å². The largest absolute Gasteiger partial charge is 0.382 e. The van der Waals surface area contributed by atoms with Crippen LogP contribution in [-0.2, 0) is 89.1 Å². The minimum Gasteiger partial charge on any atom is -0.382 e. The van der Waals surface area contributed by atoms with Gasteiger partial charge in [0.1, 0.15) is 0 Å². The van der Waals surface area contributed by atoms with Gasteiger partial charge in [0.05, 0.1) is 205 Å². The van der Waals surface area contributed by atoms with Crippen LogP contribution in [0.4, 0.5) is 0 Å². The molecule has 1 rings (SSSR count). The molecule has 1 aromatic heterocycles. The number of hydrogen-bond donors (Lipinski definition) is 0. The Morgan fingerprint density at radius 1 is 0.345 bits per heavy atom. The summed E-state index contributed by atoms with van der Waals surface area (Å²) in [5.41, 5.74) is 0. The minimum absolute atomic E-state index is 0.409. The Morgan fingerprint density at radius 3 is 0.764 bits per heavy atom. The summed E-state index contributed by atoms with van der Waals surface area (Å²) in [6, 6.07) is 0. The highest BCUT2D eigenvalue weighted by atomic mass is 16.6. The molecule has 55 heavy (non-hydrogen) atoms. The van der Waals surface area contributed by atoms with E-state index in [1.165, 1.54) is 0 Å². The van der Waals surface area contributed by atoms with Gasteiger partial charge in [0.2, 0.25) is 13.1 Å². The highest BCUT2D eigenvalue weighted by Crippen LogP contribution is 1.89. The van der Waals surface area contributed by atoms with E-state index in [-0.39, 0.29) is 0 Å². The van der Waals surface area contributed by atoms with E-state index in [2.05, 4.69) is 12.0 Å². The number of rotatable bonds is 48. The van der Waals surface area contributed by atoms with Crippen LogP contribution < -0.4 is 4.57 Å². The maximum atomic E-state index is 5.52. The zero-order valence-corrected chi connectivity index (χ0v) is 33.7. The van der Waals surface area contributed by atoms with Crippen LogP contribution >= 0.6 is 0 Å². The fraction of sp³-hybridized carbons (Fsp3) is 0.944. The number of hydrogen-bond acceptors (Lipinski definition) is 17. The zero-order valence-electron chi connectivity index (χ0n) is 33.7. The maximum absolute atomic E-state index is 5.52. The highest BCUT2D eigenvalue weighted by Gasteiger charge is 2.03. The van der Waals surface area contributed by atoms with Crippen LogP contribution in [-0.4, -0.2) is 215 Å². The van der Waals surface area contributed by atoms with E-state index in [0.29, 0.717) is 205 Å². The lowest BCUT2D eigenvalue weighted by Gasteiger charge is -2.09. The van der Waals surface area contributed by atoms with Crippen molar-refractivity contribution in [2.75, 3.05) is 205 Å². The second kappa shape index (κ2) is 45.2. The van der Waals surface area contributed by atoms with Crippen LogP contribution in [0.2, 0.25) is 0 Å². The number of ether oxygens (including phenoxy) is 16. The molecular weight excluding hydrogens is 730 g/mol. The van der Waals surface area contributed by atoms with E-state index in [1.54, 1.807) is 18.1 Å². The van der Waals surface area contributed by atoms with Crippen molar-refractivity contribution in [1.29, 1.82) is 0 Å². The van der Waals surface area contributed by atoms with Crippen molar-refractivity contribution in [2.45, 2.75) is 20.2 Å². The van der Waals surface area contributed by atoms with Crippen molar-refractivity contribution in [2.24, 2.45) is 0 Å². The molecule has 0 amide bonds. The summed E-state index contributed by atoms with van der Waals surface area (Å²) in [5, 5.41) is 4.19. The van der Waals surface area contributed by atoms with Crippen molar-refractivity contribution in [3.05, 3.63) is 12.7 Å². The van der Waals surface area contributed by atoms with Gasteiger partial charge in [-0.25, -0.2) is 4.57 Å². The first-order valence-electron chi connectivity index (χ1n) is 19.4. The molecule has 0 radical (unpaired) electrons. The van der Waals surface area contributed by atoms with Crippen molar-refractivity contribution in [3.63, 3.8) is 0 Å². The fourth-order valence-electron chi connectivity index (χ4n) is 3.97. The van der Waals surface area contributed by atoms with Gasteiger partial charge in [-0.1, -0.05) is 4.68 Å². The summed E-state index contributed by atoms with van der Waals surface area (Å²) in [5.74, 6) is 0. The molecule has 0 bridgehead atoms. The topological polar surface area (TPSA) is 169 Å². The van der Waals surface area contributed by atoms with Gasteiger partial charge in [-0.3, -0.25) is 0 Å². The molecule has 0 aromatic carbocycles. The molecule has 1 aromatic rings. The van der Waals surface area contributed by atoms with E-state index in [0.717, 1.165) is 6.54 Å². The maximum Gasteiger partial charge on any atom is 0.265 e. The first-order chi connectivity index (χ1) is 27.4. The van der Waals surface area contributed by atoms with E-state index in [4.69, 9.17) is 75.8 Å². The second-order valence-corrected chi connectivity index (χ2v) is 11.2. The van der Waals surface area contributed by atoms with Gasteiger partial charge in [-0.05, 0) is 6.92 Å². The third kappa shape index (κ3) is 40.5. The summed E-state index contributed by atoms with van der Waals surface area (Å²) in [6.07, 6.45) is 3.67. The van der Waals surface area contributed by atoms with E-state index in [1.807, 2.05) is 10.9 Å². The van der Waals surface area contributed by atoms with Crippen LogP contribution in [0.15, 0.2) is 12.7 Å². The predicted octanol–water partition coefficient (Wildman–Crippen LogP) is 0.0434. The van der Waals surface area contributed by atoms with Crippen molar-refractivity contribution in [1.82, 2.24) is 9.78 Å². The van der Waals surface area contributed by atoms with Gasteiger partial charge in [-0.2, -0.15) is 0 Å². The Hall–Kier alpha value is -1.50. The summed E-state index contributed by atoms with van der Waals surface area (Å²) >= 11 is 0. The first-order valence-corrected chi connectivity index (χ1v) is 19.4. The van der Waals surface area contributed by atoms with Crippen LogP contribution in [0.5, 0.6) is 0 Å². The average Bonchev–Trinajstić information content (AvgIpc) is 3.67. The molecule has 1 heterocycles. The summed E-state index contributed by atoms with van der Waals surface area (Å²) < 4.78 is 90.7. The quantitative estimate of drug-likeness (QED) is 0.0639. The molecule has 19 nitrogen and oxygen atoms in total. The summed E-state index contributed by atoms with van der Waals surface area (Å²) in [4.78, 5) is 0. The first kappa shape index (κ1) is 51.5. The molecular formula is C36H72N3O16+. The Morgan fingerprint density at radius 2 is 0.564 bits per heavy atom. The molecule has 0 atom stereocenters. The smallest absolute Gasteiger partial charge is 0.265 e. The van der Waals surface area contributed by atoms with E-state index >= 15 is 0 Å². The molecule has 0 saturated carbocycles. The van der Waals surface area contributed by atoms with Crippen LogP contribution in [0.1, 0.15) is 6.92 Å². The van der Waals surface area contributed by atoms with Crippen LogP contribution in [0.3, 0.4) is 0 Å². The minimum atomic E-state index is 0.409. The molecule has 0 aliphatic rings. The Bertz CT molecular complexity index is 864. The second-order valence-electron chi connectivity index (χ2n) is 11.2. The standard InChI is InChI=1S/C36H72N3O16/c1-3-38-34-37-39(35-38)36-55-33-32-54-31-30-53-29-28-52-27-26-51-25-24-50-23-22-49-21-20-48-19-18-47-17-16-46-15-14-45-13-12-44-11-10-43-9-8-42-7-6-41-5-4-40-2/h34-35H,3-33,36H2,1-2H3/q+1. The Kier molecular flexibility index (Phi) is 42.3. The lowest BCUT2D eigenvalue weighted by Crippen LogP contribution is -2.29. The molecule has 0 unspecified atom stereocenters. The summed E-state index contributed by atoms with van der Waals surface area (Å²) in [7, 11) is 1.64. The van der Waals surface area contributed by atoms with Crippen molar-refractivity contribution < 1.29 is 80.4 Å². The molecule has 0 aliphatic carbocycles. The third-order valence-corrected chi connectivity index (χ3v) is 6.86. The molecule has 0 saturated heterocycles. The molecule has 0 spiro atoms. The van der Waals surface area contributed by atoms with Crippen molar-refractivity contribution in [3.8, 4) is 0 Å². The van der Waals surface area contributed by atoms with Gasteiger partial charge >= 0.3 is 0 Å². The van der Waals surface area contributed by atoms with Gasteiger partial charge in [0.15, 0.2) is 0 Å². The SMILES string of the molecule is CC[n+]1cnn(COCCOCCOCCOCCOCCOCCOCCOCCOCCOCCOCCOCCOCCOCCOCCOC)c1. The molecule has 326 valence electrons. The molecule has 0 N–H and O–H groups in total. The fourth-order valence-corrected chi connectivity index (χ4v) is 3.97. The lowest BCUT2D eigenvalue weighted by molar-refractivity contribution is -0.694. The Balaban J connectivity index is 1.60. The molecule has 19 heteroatoms. The summed E-state index contributed by atoms with van der Waals surface area (Å²) in [6.45, 7) is 18.8. The zero-order chi connectivity index (χ0) is 39.2. The van der Waals surface area contributed by atoms with Crippen molar-refractivity contribution >= 4 is 0 Å². The van der Waals surface area contributed by atoms with Gasteiger partial charge in [-0.15, -0.1) is 0 Å². The number of aromatic nitrogens is 3. The highest BCUT2D eigenvalue weighted by molar-refractivity contribution is 4.42. The van der Waals surface area contributed by atoms with E-state index < -0.39 is 0 Å². The predicted molar refractivity (Wildman–Crippen MR) is 197 cm³/mol. The van der Waals surface area contributed by atoms with Gasteiger partial charge < -0.3 is 75.8 Å². The van der Waals surface area contributed by atoms with Crippen LogP contribution in [0.25, 0.3) is 0 Å². The number of aryl methyl sites for hydroxylation is 1. The molecule has 0 aliphatic heterocycles. The molecule has 0 fully saturated rings. The number of methoxy groups -OCH3 is 1. The monoisotopic (exact) mass is 802 g/mol. The Labute approximate surface area is 328 Å². The van der Waals surface area contributed by atoms with Crippen LogP contribution in [0, 0.1) is 0 Å². The lowest BCUT2D eigenvalue weighted by atomic mass is 10.6. The normalized spacial score (nSPS) is 11.7. The third-order valence-electron chi connectivity index (χ3n) is 6.86. The number of nitrogens with zero attached hydrogens (tertiary/aromatic N) is 3. The van der Waals surface area contributed by atoms with Gasteiger partial charge in [0.25, 0.3) is 6.33 Å². The average molecular weight is 803 g/mol.